The highest BCUT2D eigenvalue weighted by Gasteiger charge is 2.10. The van der Waals surface area contributed by atoms with Crippen LogP contribution in [0.3, 0.4) is 0 Å². The molecule has 31 heavy (non-hydrogen) atoms. The number of carbonyl (C=O) groups excluding carboxylic acids is 1. The van der Waals surface area contributed by atoms with Crippen molar-refractivity contribution in [3.8, 4) is 11.4 Å². The summed E-state index contributed by atoms with van der Waals surface area (Å²) in [7, 11) is 0. The SMILES string of the molecule is Cc1ccc(COc2ccc(C=NNC(=O)c3ccccc3-n3cccc3)cc2)cc1. The quantitative estimate of drug-likeness (QED) is 0.340. The van der Waals surface area contributed by atoms with Crippen LogP contribution in [-0.2, 0) is 6.61 Å². The highest BCUT2D eigenvalue weighted by molar-refractivity contribution is 5.98. The largest absolute Gasteiger partial charge is 0.489 e. The van der Waals surface area contributed by atoms with E-state index in [-0.39, 0.29) is 5.91 Å². The van der Waals surface area contributed by atoms with Gasteiger partial charge in [0.15, 0.2) is 0 Å². The standard InChI is InChI=1S/C26H23N3O2/c1-20-8-10-22(11-9-20)19-31-23-14-12-21(13-15-23)18-27-28-26(30)24-6-2-3-7-25(24)29-16-4-5-17-29/h2-18H,19H2,1H3,(H,28,30). The van der Waals surface area contributed by atoms with Crippen molar-refractivity contribution in [1.82, 2.24) is 9.99 Å². The molecular weight excluding hydrogens is 386 g/mol. The molecular formula is C26H23N3O2. The van der Waals surface area contributed by atoms with Crippen LogP contribution in [0.1, 0.15) is 27.0 Å². The molecule has 4 rings (SSSR count). The Bertz CT molecular complexity index is 1160. The second-order valence-electron chi connectivity index (χ2n) is 7.15. The fraction of sp³-hybridized carbons (Fsp3) is 0.0769. The Kier molecular flexibility index (Phi) is 6.24. The molecule has 0 fully saturated rings. The van der Waals surface area contributed by atoms with Gasteiger partial charge in [0.05, 0.1) is 17.5 Å². The van der Waals surface area contributed by atoms with Gasteiger partial charge in [-0.2, -0.15) is 5.10 Å². The number of hydrogen-bond donors (Lipinski definition) is 1. The summed E-state index contributed by atoms with van der Waals surface area (Å²) in [5, 5.41) is 4.10. The summed E-state index contributed by atoms with van der Waals surface area (Å²) >= 11 is 0. The van der Waals surface area contributed by atoms with E-state index < -0.39 is 0 Å². The zero-order valence-electron chi connectivity index (χ0n) is 17.2. The molecule has 1 amide bonds. The number of amides is 1. The fourth-order valence-electron chi connectivity index (χ4n) is 3.11. The minimum atomic E-state index is -0.265. The first-order valence-corrected chi connectivity index (χ1v) is 10.0. The van der Waals surface area contributed by atoms with Crippen LogP contribution in [0.5, 0.6) is 5.75 Å². The van der Waals surface area contributed by atoms with Crippen molar-refractivity contribution in [2.75, 3.05) is 0 Å². The Labute approximate surface area is 181 Å². The van der Waals surface area contributed by atoms with Crippen LogP contribution in [-0.4, -0.2) is 16.7 Å². The number of rotatable bonds is 7. The highest BCUT2D eigenvalue weighted by atomic mass is 16.5. The lowest BCUT2D eigenvalue weighted by Gasteiger charge is -2.09. The van der Waals surface area contributed by atoms with E-state index in [1.807, 2.05) is 71.6 Å². The van der Waals surface area contributed by atoms with Crippen molar-refractivity contribution >= 4 is 12.1 Å². The third-order valence-corrected chi connectivity index (χ3v) is 4.82. The van der Waals surface area contributed by atoms with Gasteiger partial charge in [-0.3, -0.25) is 4.79 Å². The number of carbonyl (C=O) groups is 1. The first-order chi connectivity index (χ1) is 15.2. The molecule has 0 saturated heterocycles. The smallest absolute Gasteiger partial charge is 0.273 e. The highest BCUT2D eigenvalue weighted by Crippen LogP contribution is 2.15. The number of ether oxygens (including phenoxy) is 1. The number of benzene rings is 3. The van der Waals surface area contributed by atoms with Crippen molar-refractivity contribution in [2.45, 2.75) is 13.5 Å². The number of nitrogens with zero attached hydrogens (tertiary/aromatic N) is 2. The van der Waals surface area contributed by atoms with Crippen molar-refractivity contribution in [3.05, 3.63) is 120 Å². The Balaban J connectivity index is 1.34. The number of hydrazone groups is 1. The number of nitrogens with one attached hydrogen (secondary N) is 1. The molecule has 0 unspecified atom stereocenters. The molecule has 5 heteroatoms. The van der Waals surface area contributed by atoms with E-state index in [4.69, 9.17) is 4.74 Å². The molecule has 1 aromatic heterocycles. The lowest BCUT2D eigenvalue weighted by molar-refractivity contribution is 0.0955. The summed E-state index contributed by atoms with van der Waals surface area (Å²) in [6, 6.07) is 27.1. The molecule has 5 nitrogen and oxygen atoms in total. The topological polar surface area (TPSA) is 55.6 Å². The second kappa shape index (κ2) is 9.59. The van der Waals surface area contributed by atoms with Gasteiger partial charge in [-0.25, -0.2) is 5.43 Å². The van der Waals surface area contributed by atoms with Crippen molar-refractivity contribution < 1.29 is 9.53 Å². The monoisotopic (exact) mass is 409 g/mol. The summed E-state index contributed by atoms with van der Waals surface area (Å²) < 4.78 is 7.72. The van der Waals surface area contributed by atoms with E-state index in [1.165, 1.54) is 5.56 Å². The maximum Gasteiger partial charge on any atom is 0.273 e. The maximum atomic E-state index is 12.6. The number of aromatic nitrogens is 1. The average molecular weight is 409 g/mol. The fourth-order valence-corrected chi connectivity index (χ4v) is 3.11. The Morgan fingerprint density at radius 2 is 1.65 bits per heavy atom. The zero-order valence-corrected chi connectivity index (χ0v) is 17.2. The third kappa shape index (κ3) is 5.28. The lowest BCUT2D eigenvalue weighted by Crippen LogP contribution is -2.19. The Morgan fingerprint density at radius 3 is 2.39 bits per heavy atom. The van der Waals surface area contributed by atoms with Crippen LogP contribution in [0, 0.1) is 6.92 Å². The normalized spacial score (nSPS) is 10.9. The molecule has 0 aliphatic rings. The van der Waals surface area contributed by atoms with Crippen molar-refractivity contribution in [1.29, 1.82) is 0 Å². The number of hydrogen-bond acceptors (Lipinski definition) is 3. The van der Waals surface area contributed by atoms with Gasteiger partial charge in [-0.05, 0) is 66.6 Å². The van der Waals surface area contributed by atoms with E-state index in [9.17, 15) is 4.79 Å². The molecule has 1 N–H and O–H groups in total. The molecule has 3 aromatic carbocycles. The van der Waals surface area contributed by atoms with E-state index in [2.05, 4.69) is 41.7 Å². The number of para-hydroxylation sites is 1. The molecule has 0 atom stereocenters. The van der Waals surface area contributed by atoms with Gasteiger partial charge in [0.25, 0.3) is 5.91 Å². The van der Waals surface area contributed by atoms with E-state index >= 15 is 0 Å². The number of aryl methyl sites for hydroxylation is 1. The van der Waals surface area contributed by atoms with Crippen LogP contribution >= 0.6 is 0 Å². The summed E-state index contributed by atoms with van der Waals surface area (Å²) in [5.74, 6) is 0.515. The molecule has 1 heterocycles. The minimum Gasteiger partial charge on any atom is -0.489 e. The minimum absolute atomic E-state index is 0.265. The summed E-state index contributed by atoms with van der Waals surface area (Å²) in [5.41, 5.74) is 7.17. The molecule has 0 bridgehead atoms. The predicted octanol–water partition coefficient (Wildman–Crippen LogP) is 5.13. The van der Waals surface area contributed by atoms with E-state index in [1.54, 1.807) is 12.3 Å². The summed E-state index contributed by atoms with van der Waals surface area (Å²) in [4.78, 5) is 12.6. The summed E-state index contributed by atoms with van der Waals surface area (Å²) in [6.45, 7) is 2.58. The molecule has 0 aliphatic heterocycles. The van der Waals surface area contributed by atoms with Crippen LogP contribution in [0.2, 0.25) is 0 Å². The molecule has 154 valence electrons. The van der Waals surface area contributed by atoms with Crippen molar-refractivity contribution in [2.24, 2.45) is 5.10 Å². The molecule has 0 radical (unpaired) electrons. The molecule has 0 aliphatic carbocycles. The zero-order chi connectivity index (χ0) is 21.5. The van der Waals surface area contributed by atoms with Crippen LogP contribution < -0.4 is 10.2 Å². The summed E-state index contributed by atoms with van der Waals surface area (Å²) in [6.07, 6.45) is 5.41. The second-order valence-corrected chi connectivity index (χ2v) is 7.15. The first-order valence-electron chi connectivity index (χ1n) is 10.0. The van der Waals surface area contributed by atoms with Gasteiger partial charge in [0.2, 0.25) is 0 Å². The van der Waals surface area contributed by atoms with Crippen LogP contribution in [0.4, 0.5) is 0 Å². The van der Waals surface area contributed by atoms with Gasteiger partial charge < -0.3 is 9.30 Å². The maximum absolute atomic E-state index is 12.6. The van der Waals surface area contributed by atoms with Gasteiger partial charge in [-0.15, -0.1) is 0 Å². The molecule has 0 spiro atoms. The van der Waals surface area contributed by atoms with E-state index in [0.717, 1.165) is 22.6 Å². The predicted molar refractivity (Wildman–Crippen MR) is 123 cm³/mol. The van der Waals surface area contributed by atoms with Gasteiger partial charge in [0, 0.05) is 12.4 Å². The average Bonchev–Trinajstić information content (AvgIpc) is 3.34. The van der Waals surface area contributed by atoms with Crippen LogP contribution in [0.25, 0.3) is 5.69 Å². The van der Waals surface area contributed by atoms with Crippen molar-refractivity contribution in [3.63, 3.8) is 0 Å². The van der Waals surface area contributed by atoms with Crippen LogP contribution in [0.15, 0.2) is 102 Å². The van der Waals surface area contributed by atoms with Gasteiger partial charge >= 0.3 is 0 Å². The van der Waals surface area contributed by atoms with Gasteiger partial charge in [0.1, 0.15) is 12.4 Å². The molecule has 0 saturated carbocycles. The Hall–Kier alpha value is -4.12. The van der Waals surface area contributed by atoms with Gasteiger partial charge in [-0.1, -0.05) is 42.0 Å². The lowest BCUT2D eigenvalue weighted by atomic mass is 10.1. The molecule has 4 aromatic rings. The first kappa shape index (κ1) is 20.2. The third-order valence-electron chi connectivity index (χ3n) is 4.82. The Morgan fingerprint density at radius 1 is 0.935 bits per heavy atom. The van der Waals surface area contributed by atoms with E-state index in [0.29, 0.717) is 12.2 Å².